The highest BCUT2D eigenvalue weighted by Gasteiger charge is 2.25. The third-order valence-corrected chi connectivity index (χ3v) is 2.45. The van der Waals surface area contributed by atoms with Gasteiger partial charge in [0.1, 0.15) is 0 Å². The molecule has 86 valence electrons. The van der Waals surface area contributed by atoms with Gasteiger partial charge in [0.25, 0.3) is 0 Å². The molecule has 0 unspecified atom stereocenters. The SMILES string of the molecule is CC(C)CNC(=O)[C@@H]1CCN(C)C1.F.[HH]. The maximum absolute atomic E-state index is 11.6. The third-order valence-electron chi connectivity index (χ3n) is 2.45. The first-order valence-corrected chi connectivity index (χ1v) is 5.06. The summed E-state index contributed by atoms with van der Waals surface area (Å²) in [4.78, 5) is 13.8. The quantitative estimate of drug-likeness (QED) is 0.750. The minimum atomic E-state index is 0. The number of hydrogen-bond acceptors (Lipinski definition) is 2. The van der Waals surface area contributed by atoms with Crippen molar-refractivity contribution in [3.63, 3.8) is 0 Å². The van der Waals surface area contributed by atoms with Gasteiger partial charge in [0.05, 0.1) is 5.92 Å². The van der Waals surface area contributed by atoms with Crippen LogP contribution in [-0.4, -0.2) is 37.5 Å². The molecular weight excluding hydrogens is 183 g/mol. The smallest absolute Gasteiger partial charge is 0.224 e. The molecule has 1 saturated heterocycles. The van der Waals surface area contributed by atoms with Crippen molar-refractivity contribution in [2.75, 3.05) is 26.7 Å². The number of carbonyl (C=O) groups excluding carboxylic acids is 1. The van der Waals surface area contributed by atoms with Gasteiger partial charge in [-0.25, -0.2) is 0 Å². The number of hydrogen-bond donors (Lipinski definition) is 1. The van der Waals surface area contributed by atoms with Gasteiger partial charge in [-0.3, -0.25) is 9.50 Å². The van der Waals surface area contributed by atoms with Gasteiger partial charge in [-0.1, -0.05) is 13.8 Å². The molecule has 1 heterocycles. The van der Waals surface area contributed by atoms with E-state index < -0.39 is 0 Å². The van der Waals surface area contributed by atoms with Crippen molar-refractivity contribution in [2.45, 2.75) is 20.3 Å². The molecule has 0 aromatic heterocycles. The molecule has 0 aliphatic carbocycles. The molecule has 1 N–H and O–H groups in total. The molecular formula is C10H23FN2O. The van der Waals surface area contributed by atoms with E-state index >= 15 is 0 Å². The van der Waals surface area contributed by atoms with Crippen molar-refractivity contribution in [1.29, 1.82) is 0 Å². The summed E-state index contributed by atoms with van der Waals surface area (Å²) < 4.78 is 0. The Bertz CT molecular complexity index is 190. The van der Waals surface area contributed by atoms with Gasteiger partial charge in [-0.05, 0) is 25.9 Å². The molecule has 0 radical (unpaired) electrons. The Morgan fingerprint density at radius 3 is 2.71 bits per heavy atom. The third kappa shape index (κ3) is 4.05. The summed E-state index contributed by atoms with van der Waals surface area (Å²) in [7, 11) is 2.07. The molecule has 0 aromatic rings. The van der Waals surface area contributed by atoms with Crippen LogP contribution in [0.2, 0.25) is 0 Å². The van der Waals surface area contributed by atoms with Crippen molar-refractivity contribution < 1.29 is 10.9 Å². The lowest BCUT2D eigenvalue weighted by Crippen LogP contribution is -2.34. The van der Waals surface area contributed by atoms with Crippen LogP contribution in [0.4, 0.5) is 4.70 Å². The number of amides is 1. The lowest BCUT2D eigenvalue weighted by Gasteiger charge is -2.12. The second-order valence-corrected chi connectivity index (χ2v) is 4.39. The molecule has 3 nitrogen and oxygen atoms in total. The van der Waals surface area contributed by atoms with Crippen LogP contribution in [0.1, 0.15) is 21.7 Å². The zero-order valence-corrected chi connectivity index (χ0v) is 9.25. The number of halogens is 1. The minimum Gasteiger partial charge on any atom is -0.356 e. The van der Waals surface area contributed by atoms with Crippen LogP contribution in [-0.2, 0) is 4.79 Å². The number of rotatable bonds is 3. The van der Waals surface area contributed by atoms with Gasteiger partial charge < -0.3 is 10.2 Å². The summed E-state index contributed by atoms with van der Waals surface area (Å²) in [5.74, 6) is 1.00. The molecule has 0 aromatic carbocycles. The first-order valence-electron chi connectivity index (χ1n) is 5.06. The standard InChI is InChI=1S/C10H20N2O.FH.H2/c1-8(2)6-11-10(13)9-4-5-12(3)7-9;;/h8-9H,4-7H2,1-3H3,(H,11,13);2*1H/t9-;;/m1../s1. The van der Waals surface area contributed by atoms with E-state index in [4.69, 9.17) is 0 Å². The van der Waals surface area contributed by atoms with Crippen LogP contribution in [0.5, 0.6) is 0 Å². The summed E-state index contributed by atoms with van der Waals surface area (Å²) in [6, 6.07) is 0. The minimum absolute atomic E-state index is 0. The lowest BCUT2D eigenvalue weighted by atomic mass is 10.1. The Morgan fingerprint density at radius 2 is 2.29 bits per heavy atom. The van der Waals surface area contributed by atoms with Crippen LogP contribution < -0.4 is 5.32 Å². The van der Waals surface area contributed by atoms with Crippen molar-refractivity contribution in [2.24, 2.45) is 11.8 Å². The number of nitrogens with one attached hydrogen (secondary N) is 1. The predicted octanol–water partition coefficient (Wildman–Crippen LogP) is 1.11. The van der Waals surface area contributed by atoms with Crippen molar-refractivity contribution in [1.82, 2.24) is 10.2 Å². The molecule has 4 heteroatoms. The summed E-state index contributed by atoms with van der Waals surface area (Å²) >= 11 is 0. The Kier molecular flexibility index (Phi) is 5.69. The predicted molar refractivity (Wildman–Crippen MR) is 58.1 cm³/mol. The van der Waals surface area contributed by atoms with Gasteiger partial charge in [0, 0.05) is 14.5 Å². The van der Waals surface area contributed by atoms with Crippen LogP contribution >= 0.6 is 0 Å². The number of likely N-dealkylation sites (tertiary alicyclic amines) is 1. The van der Waals surface area contributed by atoms with Gasteiger partial charge in [0.15, 0.2) is 0 Å². The molecule has 1 rings (SSSR count). The molecule has 14 heavy (non-hydrogen) atoms. The van der Waals surface area contributed by atoms with E-state index in [-0.39, 0.29) is 18.0 Å². The molecule has 0 saturated carbocycles. The normalized spacial score (nSPS) is 22.1. The van der Waals surface area contributed by atoms with E-state index in [1.165, 1.54) is 0 Å². The van der Waals surface area contributed by atoms with Gasteiger partial charge in [0.2, 0.25) is 5.91 Å². The van der Waals surface area contributed by atoms with Crippen LogP contribution in [0, 0.1) is 11.8 Å². The van der Waals surface area contributed by atoms with E-state index in [9.17, 15) is 4.79 Å². The van der Waals surface area contributed by atoms with E-state index in [0.29, 0.717) is 5.92 Å². The van der Waals surface area contributed by atoms with Crippen molar-refractivity contribution >= 4 is 5.91 Å². The largest absolute Gasteiger partial charge is 0.356 e. The van der Waals surface area contributed by atoms with Crippen molar-refractivity contribution in [3.8, 4) is 0 Å². The molecule has 0 spiro atoms. The van der Waals surface area contributed by atoms with Gasteiger partial charge in [-0.2, -0.15) is 0 Å². The van der Waals surface area contributed by atoms with Crippen molar-refractivity contribution in [3.05, 3.63) is 0 Å². The Morgan fingerprint density at radius 1 is 1.64 bits per heavy atom. The number of nitrogens with zero attached hydrogens (tertiary/aromatic N) is 1. The zero-order valence-electron chi connectivity index (χ0n) is 9.25. The number of carbonyl (C=O) groups is 1. The zero-order chi connectivity index (χ0) is 9.84. The average Bonchev–Trinajstić information content (AvgIpc) is 2.47. The van der Waals surface area contributed by atoms with E-state index in [1.54, 1.807) is 0 Å². The second kappa shape index (κ2) is 5.96. The first kappa shape index (κ1) is 13.4. The lowest BCUT2D eigenvalue weighted by molar-refractivity contribution is -0.124. The maximum atomic E-state index is 11.6. The molecule has 1 amide bonds. The van der Waals surface area contributed by atoms with E-state index in [2.05, 4.69) is 31.1 Å². The second-order valence-electron chi connectivity index (χ2n) is 4.39. The Labute approximate surface area is 86.7 Å². The first-order chi connectivity index (χ1) is 6.09. The van der Waals surface area contributed by atoms with Crippen LogP contribution in [0.25, 0.3) is 0 Å². The van der Waals surface area contributed by atoms with E-state index in [0.717, 1.165) is 26.1 Å². The highest BCUT2D eigenvalue weighted by Crippen LogP contribution is 2.13. The molecule has 1 aliphatic rings. The summed E-state index contributed by atoms with van der Waals surface area (Å²) in [6.45, 7) is 7.00. The van der Waals surface area contributed by atoms with Gasteiger partial charge >= 0.3 is 0 Å². The average molecular weight is 206 g/mol. The molecule has 1 atom stereocenters. The summed E-state index contributed by atoms with van der Waals surface area (Å²) in [6.07, 6.45) is 1.01. The fourth-order valence-corrected chi connectivity index (χ4v) is 1.60. The highest BCUT2D eigenvalue weighted by atomic mass is 19.0. The molecule has 1 fully saturated rings. The fourth-order valence-electron chi connectivity index (χ4n) is 1.60. The van der Waals surface area contributed by atoms with Crippen LogP contribution in [0.3, 0.4) is 0 Å². The van der Waals surface area contributed by atoms with E-state index in [1.807, 2.05) is 0 Å². The topological polar surface area (TPSA) is 32.3 Å². The monoisotopic (exact) mass is 206 g/mol. The van der Waals surface area contributed by atoms with Crippen LogP contribution in [0.15, 0.2) is 0 Å². The summed E-state index contributed by atoms with van der Waals surface area (Å²) in [5.41, 5.74) is 0. The Balaban J connectivity index is 0. The maximum Gasteiger partial charge on any atom is 0.224 e. The molecule has 1 aliphatic heterocycles. The molecule has 0 bridgehead atoms. The summed E-state index contributed by atoms with van der Waals surface area (Å²) in [5, 5.41) is 2.98. The highest BCUT2D eigenvalue weighted by molar-refractivity contribution is 5.79. The van der Waals surface area contributed by atoms with Gasteiger partial charge in [-0.15, -0.1) is 0 Å². The fraction of sp³-hybridized carbons (Fsp3) is 0.900. The Hall–Kier alpha value is -0.640.